The molecule has 2 rings (SSSR count). The summed E-state index contributed by atoms with van der Waals surface area (Å²) in [5.41, 5.74) is 0.303. The van der Waals surface area contributed by atoms with Gasteiger partial charge in [0.2, 0.25) is 0 Å². The van der Waals surface area contributed by atoms with E-state index in [2.05, 4.69) is 4.72 Å². The molecule has 0 aromatic heterocycles. The number of nitrogens with one attached hydrogen (secondary N) is 1. The quantitative estimate of drug-likeness (QED) is 0.602. The first-order chi connectivity index (χ1) is 11.8. The van der Waals surface area contributed by atoms with Crippen molar-refractivity contribution in [3.8, 4) is 0 Å². The van der Waals surface area contributed by atoms with E-state index in [1.807, 2.05) is 55.4 Å². The second kappa shape index (κ2) is 7.43. The molecule has 0 amide bonds. The van der Waals surface area contributed by atoms with Crippen molar-refractivity contribution in [2.24, 2.45) is 0 Å². The molecular weight excluding hydrogens is 352 g/mol. The van der Waals surface area contributed by atoms with Crippen molar-refractivity contribution in [3.63, 3.8) is 0 Å². The highest BCUT2D eigenvalue weighted by Crippen LogP contribution is 2.36. The monoisotopic (exact) mass is 383 g/mol. The fourth-order valence-electron chi connectivity index (χ4n) is 2.53. The van der Waals surface area contributed by atoms with Gasteiger partial charge in [-0.1, -0.05) is 19.1 Å². The van der Waals surface area contributed by atoms with Gasteiger partial charge in [0.25, 0.3) is 0 Å². The van der Waals surface area contributed by atoms with Gasteiger partial charge in [0.1, 0.15) is 10.6 Å². The van der Waals surface area contributed by atoms with Crippen molar-refractivity contribution >= 4 is 23.9 Å². The van der Waals surface area contributed by atoms with Gasteiger partial charge in [-0.25, -0.2) is 4.39 Å². The summed E-state index contributed by atoms with van der Waals surface area (Å²) in [7, 11) is -0.552. The predicted octanol–water partition coefficient (Wildman–Crippen LogP) is 3.63. The molecular formula is C19H31BFNO3S. The molecule has 1 fully saturated rings. The van der Waals surface area contributed by atoms with E-state index >= 15 is 0 Å². The van der Waals surface area contributed by atoms with E-state index < -0.39 is 35.7 Å². The Kier molecular flexibility index (Phi) is 6.21. The van der Waals surface area contributed by atoms with Crippen molar-refractivity contribution in [1.29, 1.82) is 0 Å². The van der Waals surface area contributed by atoms with Crippen LogP contribution in [0.5, 0.6) is 0 Å². The van der Waals surface area contributed by atoms with Crippen molar-refractivity contribution in [2.45, 2.75) is 83.8 Å². The Balaban J connectivity index is 2.23. The normalized spacial score (nSPS) is 21.7. The first-order valence-electron chi connectivity index (χ1n) is 9.14. The molecule has 0 saturated carbocycles. The van der Waals surface area contributed by atoms with Gasteiger partial charge in [-0.05, 0) is 66.4 Å². The molecule has 0 radical (unpaired) electrons. The molecule has 7 heteroatoms. The molecule has 0 bridgehead atoms. The Bertz CT molecular complexity index is 638. The lowest BCUT2D eigenvalue weighted by Crippen LogP contribution is -2.42. The lowest BCUT2D eigenvalue weighted by atomic mass is 9.78. The molecule has 2 unspecified atom stereocenters. The van der Waals surface area contributed by atoms with Crippen LogP contribution in [0.2, 0.25) is 0 Å². The Morgan fingerprint density at radius 2 is 1.77 bits per heavy atom. The standard InChI is InChI=1S/C19H31BFNO3S/c1-9-17(3,4)26(23)22-13(2)15-12-14(10-11-16(15)21)20-24-18(5,6)19(7,8)25-20/h10-13,22H,9H2,1-8H3. The maximum Gasteiger partial charge on any atom is 0.494 e. The molecule has 2 atom stereocenters. The van der Waals surface area contributed by atoms with Gasteiger partial charge in [0.05, 0.1) is 17.2 Å². The lowest BCUT2D eigenvalue weighted by molar-refractivity contribution is 0.00578. The van der Waals surface area contributed by atoms with Crippen LogP contribution in [-0.4, -0.2) is 27.6 Å². The SMILES string of the molecule is CCC(C)(C)[S+]([O-])NC(C)c1cc(B2OC(C)(C)C(C)(C)O2)ccc1F. The summed E-state index contributed by atoms with van der Waals surface area (Å²) in [6.07, 6.45) is 0.760. The molecule has 0 spiro atoms. The maximum atomic E-state index is 14.4. The minimum atomic E-state index is -1.28. The average Bonchev–Trinajstić information content (AvgIpc) is 2.75. The summed E-state index contributed by atoms with van der Waals surface area (Å²) in [5, 5.41) is 0. The summed E-state index contributed by atoms with van der Waals surface area (Å²) in [4.78, 5) is 0. The fourth-order valence-corrected chi connectivity index (χ4v) is 3.56. The highest BCUT2D eigenvalue weighted by molar-refractivity contribution is 7.90. The zero-order chi connectivity index (χ0) is 19.9. The molecule has 4 nitrogen and oxygen atoms in total. The Morgan fingerprint density at radius 3 is 2.27 bits per heavy atom. The molecule has 1 N–H and O–H groups in total. The third-order valence-electron chi connectivity index (χ3n) is 5.65. The minimum absolute atomic E-state index is 0.337. The van der Waals surface area contributed by atoms with Gasteiger partial charge in [0.15, 0.2) is 0 Å². The first-order valence-corrected chi connectivity index (χ1v) is 10.3. The Morgan fingerprint density at radius 1 is 1.23 bits per heavy atom. The predicted molar refractivity (Wildman–Crippen MR) is 106 cm³/mol. The molecule has 0 aliphatic carbocycles. The van der Waals surface area contributed by atoms with E-state index in [-0.39, 0.29) is 10.6 Å². The van der Waals surface area contributed by atoms with E-state index in [1.165, 1.54) is 6.07 Å². The van der Waals surface area contributed by atoms with Crippen LogP contribution in [0, 0.1) is 5.82 Å². The van der Waals surface area contributed by atoms with E-state index in [4.69, 9.17) is 9.31 Å². The van der Waals surface area contributed by atoms with E-state index in [0.29, 0.717) is 5.56 Å². The Hall–Kier alpha value is -0.595. The maximum absolute atomic E-state index is 14.4. The van der Waals surface area contributed by atoms with Crippen molar-refractivity contribution in [3.05, 3.63) is 29.6 Å². The average molecular weight is 383 g/mol. The van der Waals surface area contributed by atoms with Crippen molar-refractivity contribution < 1.29 is 18.3 Å². The van der Waals surface area contributed by atoms with Crippen LogP contribution in [-0.2, 0) is 20.7 Å². The molecule has 1 aromatic rings. The number of halogens is 1. The second-order valence-corrected chi connectivity index (χ2v) is 10.5. The summed E-state index contributed by atoms with van der Waals surface area (Å²) in [6.45, 7) is 15.6. The van der Waals surface area contributed by atoms with Gasteiger partial charge in [-0.3, -0.25) is 0 Å². The number of hydrogen-bond acceptors (Lipinski definition) is 4. The summed E-state index contributed by atoms with van der Waals surface area (Å²) in [6, 6.07) is 4.44. The van der Waals surface area contributed by atoms with Crippen LogP contribution in [0.4, 0.5) is 4.39 Å². The van der Waals surface area contributed by atoms with E-state index in [0.717, 1.165) is 11.9 Å². The zero-order valence-electron chi connectivity index (χ0n) is 17.1. The van der Waals surface area contributed by atoms with Crippen LogP contribution in [0.3, 0.4) is 0 Å². The van der Waals surface area contributed by atoms with Crippen LogP contribution in [0.25, 0.3) is 0 Å². The third-order valence-corrected chi connectivity index (χ3v) is 7.51. The van der Waals surface area contributed by atoms with Crippen LogP contribution in [0.1, 0.15) is 73.4 Å². The summed E-state index contributed by atoms with van der Waals surface area (Å²) in [5.74, 6) is -0.337. The largest absolute Gasteiger partial charge is 0.598 e. The number of benzene rings is 1. The highest BCUT2D eigenvalue weighted by Gasteiger charge is 2.51. The summed E-state index contributed by atoms with van der Waals surface area (Å²) >= 11 is -1.28. The van der Waals surface area contributed by atoms with Crippen LogP contribution < -0.4 is 10.2 Å². The van der Waals surface area contributed by atoms with Crippen LogP contribution >= 0.6 is 0 Å². The van der Waals surface area contributed by atoms with Gasteiger partial charge in [-0.2, -0.15) is 0 Å². The van der Waals surface area contributed by atoms with Gasteiger partial charge in [0, 0.05) is 16.9 Å². The smallest absolute Gasteiger partial charge is 0.494 e. The molecule has 1 aromatic carbocycles. The van der Waals surface area contributed by atoms with E-state index in [9.17, 15) is 8.94 Å². The minimum Gasteiger partial charge on any atom is -0.598 e. The summed E-state index contributed by atoms with van der Waals surface area (Å²) < 4.78 is 41.7. The second-order valence-electron chi connectivity index (χ2n) is 8.59. The molecule has 146 valence electrons. The number of rotatable bonds is 6. The van der Waals surface area contributed by atoms with Gasteiger partial charge in [-0.15, -0.1) is 4.72 Å². The zero-order valence-corrected chi connectivity index (χ0v) is 17.9. The molecule has 1 saturated heterocycles. The first kappa shape index (κ1) is 21.7. The molecule has 26 heavy (non-hydrogen) atoms. The third kappa shape index (κ3) is 4.28. The molecule has 1 heterocycles. The highest BCUT2D eigenvalue weighted by atomic mass is 32.2. The number of hydrogen-bond donors (Lipinski definition) is 1. The topological polar surface area (TPSA) is 53.5 Å². The van der Waals surface area contributed by atoms with Gasteiger partial charge >= 0.3 is 7.12 Å². The van der Waals surface area contributed by atoms with Crippen LogP contribution in [0.15, 0.2) is 18.2 Å². The molecule has 1 aliphatic rings. The van der Waals surface area contributed by atoms with Crippen molar-refractivity contribution in [1.82, 2.24) is 4.72 Å². The Labute approximate surface area is 160 Å². The van der Waals surface area contributed by atoms with Gasteiger partial charge < -0.3 is 13.9 Å². The van der Waals surface area contributed by atoms with Crippen molar-refractivity contribution in [2.75, 3.05) is 0 Å². The van der Waals surface area contributed by atoms with E-state index in [1.54, 1.807) is 12.1 Å². The lowest BCUT2D eigenvalue weighted by Gasteiger charge is -2.32. The molecule has 1 aliphatic heterocycles. The fraction of sp³-hybridized carbons (Fsp3) is 0.684.